The predicted molar refractivity (Wildman–Crippen MR) is 141 cm³/mol. The van der Waals surface area contributed by atoms with E-state index < -0.39 is 30.1 Å². The Morgan fingerprint density at radius 1 is 1.18 bits per heavy atom. The lowest BCUT2D eigenvalue weighted by atomic mass is 9.96. The van der Waals surface area contributed by atoms with Gasteiger partial charge in [-0.15, -0.1) is 0 Å². The topological polar surface area (TPSA) is 136 Å². The zero-order chi connectivity index (χ0) is 27.4. The molecule has 1 aliphatic carbocycles. The molecule has 2 unspecified atom stereocenters. The number of oxazole rings is 1. The number of fused-ring (bicyclic) bond motifs is 1. The Labute approximate surface area is 221 Å². The van der Waals surface area contributed by atoms with Gasteiger partial charge in [0, 0.05) is 36.6 Å². The first-order valence-corrected chi connectivity index (χ1v) is 13.1. The number of nitrogens with zero attached hydrogens (tertiary/aromatic N) is 2. The van der Waals surface area contributed by atoms with Crippen LogP contribution in [-0.2, 0) is 23.0 Å². The van der Waals surface area contributed by atoms with E-state index in [2.05, 4.69) is 15.6 Å². The molecule has 1 aliphatic rings. The number of aromatic carboxylic acids is 1. The molecule has 1 fully saturated rings. The third-order valence-corrected chi connectivity index (χ3v) is 7.06. The number of aromatic nitrogens is 2. The summed E-state index contributed by atoms with van der Waals surface area (Å²) >= 11 is 0. The highest BCUT2D eigenvalue weighted by molar-refractivity contribution is 5.87. The van der Waals surface area contributed by atoms with Crippen LogP contribution in [0.4, 0.5) is 4.79 Å². The van der Waals surface area contributed by atoms with E-state index in [0.29, 0.717) is 6.42 Å². The van der Waals surface area contributed by atoms with E-state index in [0.717, 1.165) is 48.6 Å². The van der Waals surface area contributed by atoms with Gasteiger partial charge in [0.15, 0.2) is 11.8 Å². The molecule has 0 radical (unpaired) electrons. The van der Waals surface area contributed by atoms with Crippen molar-refractivity contribution < 1.29 is 28.6 Å². The summed E-state index contributed by atoms with van der Waals surface area (Å²) in [6, 6.07) is 7.14. The number of carbonyl (C=O) groups excluding carboxylic acids is 2. The second kappa shape index (κ2) is 11.7. The van der Waals surface area contributed by atoms with Gasteiger partial charge in [-0.25, -0.2) is 14.6 Å². The lowest BCUT2D eigenvalue weighted by molar-refractivity contribution is -0.132. The Hall–Kier alpha value is -3.82. The van der Waals surface area contributed by atoms with E-state index >= 15 is 0 Å². The minimum atomic E-state index is -1.21. The van der Waals surface area contributed by atoms with Crippen molar-refractivity contribution in [3.8, 4) is 0 Å². The number of alkyl carbamates (subject to hydrolysis) is 1. The zero-order valence-electron chi connectivity index (χ0n) is 22.3. The van der Waals surface area contributed by atoms with Crippen molar-refractivity contribution in [2.45, 2.75) is 77.5 Å². The van der Waals surface area contributed by atoms with Crippen LogP contribution in [0.5, 0.6) is 0 Å². The molecule has 1 saturated carbocycles. The highest BCUT2D eigenvalue weighted by Gasteiger charge is 2.32. The summed E-state index contributed by atoms with van der Waals surface area (Å²) in [5.74, 6) is -1.79. The van der Waals surface area contributed by atoms with Crippen LogP contribution in [0, 0.1) is 12.8 Å². The van der Waals surface area contributed by atoms with Crippen molar-refractivity contribution in [2.75, 3.05) is 0 Å². The standard InChI is InChI=1S/C28H36N4O6/c1-16(2)24(38-28(36)29-19-10-6-5-7-11-19)25(33)30-21(26-31-23(27(34)35)17(3)37-26)14-18-15-32(4)22-13-9-8-12-20(18)22/h8-9,12-13,15-16,19,21,24H,5-7,10-11,14H2,1-4H3,(H,29,36)(H,30,33)(H,34,35). The van der Waals surface area contributed by atoms with E-state index in [9.17, 15) is 19.5 Å². The quantitative estimate of drug-likeness (QED) is 0.370. The number of para-hydroxylation sites is 1. The lowest BCUT2D eigenvalue weighted by Crippen LogP contribution is -2.46. The summed E-state index contributed by atoms with van der Waals surface area (Å²) in [7, 11) is 1.94. The van der Waals surface area contributed by atoms with E-state index in [1.165, 1.54) is 6.92 Å². The monoisotopic (exact) mass is 524 g/mol. The number of carbonyl (C=O) groups is 3. The molecular weight excluding hydrogens is 488 g/mol. The molecule has 2 atom stereocenters. The smallest absolute Gasteiger partial charge is 0.408 e. The number of ether oxygens (including phenoxy) is 1. The summed E-state index contributed by atoms with van der Waals surface area (Å²) in [4.78, 5) is 41.9. The molecule has 2 heterocycles. The van der Waals surface area contributed by atoms with Crippen molar-refractivity contribution in [1.29, 1.82) is 0 Å². The first kappa shape index (κ1) is 27.2. The second-order valence-electron chi connectivity index (χ2n) is 10.4. The maximum atomic E-state index is 13.5. The maximum Gasteiger partial charge on any atom is 0.408 e. The first-order chi connectivity index (χ1) is 18.1. The Bertz CT molecular complexity index is 1300. The van der Waals surface area contributed by atoms with Gasteiger partial charge in [0.1, 0.15) is 11.8 Å². The van der Waals surface area contributed by atoms with Crippen molar-refractivity contribution >= 4 is 28.9 Å². The van der Waals surface area contributed by atoms with E-state index in [-0.39, 0.29) is 29.3 Å². The molecule has 3 N–H and O–H groups in total. The van der Waals surface area contributed by atoms with Gasteiger partial charge >= 0.3 is 12.1 Å². The van der Waals surface area contributed by atoms with Gasteiger partial charge in [0.05, 0.1) is 0 Å². The number of amides is 2. The summed E-state index contributed by atoms with van der Waals surface area (Å²) in [5, 5.41) is 16.3. The molecule has 0 saturated heterocycles. The number of nitrogens with one attached hydrogen (secondary N) is 2. The fraction of sp³-hybridized carbons (Fsp3) is 0.500. The molecule has 0 bridgehead atoms. The van der Waals surface area contributed by atoms with E-state index in [1.54, 1.807) is 13.8 Å². The van der Waals surface area contributed by atoms with Crippen LogP contribution in [0.25, 0.3) is 10.9 Å². The number of hydrogen-bond donors (Lipinski definition) is 3. The second-order valence-corrected chi connectivity index (χ2v) is 10.4. The van der Waals surface area contributed by atoms with Gasteiger partial charge in [-0.1, -0.05) is 51.3 Å². The molecule has 2 aromatic heterocycles. The van der Waals surface area contributed by atoms with Gasteiger partial charge in [0.2, 0.25) is 5.89 Å². The molecule has 10 nitrogen and oxygen atoms in total. The molecule has 10 heteroatoms. The number of carboxylic acids is 1. The molecular formula is C28H36N4O6. The fourth-order valence-electron chi connectivity index (χ4n) is 5.08. The predicted octanol–water partition coefficient (Wildman–Crippen LogP) is 4.66. The van der Waals surface area contributed by atoms with Crippen LogP contribution in [-0.4, -0.2) is 44.8 Å². The number of carboxylic acid groups (broad SMARTS) is 1. The first-order valence-electron chi connectivity index (χ1n) is 13.1. The average Bonchev–Trinajstić information content (AvgIpc) is 3.42. The molecule has 204 valence electrons. The fourth-order valence-corrected chi connectivity index (χ4v) is 5.08. The minimum absolute atomic E-state index is 0.0518. The number of aryl methyl sites for hydroxylation is 2. The van der Waals surface area contributed by atoms with Gasteiger partial charge in [0.25, 0.3) is 5.91 Å². The minimum Gasteiger partial charge on any atom is -0.476 e. The normalized spacial score (nSPS) is 15.8. The van der Waals surface area contributed by atoms with Crippen LogP contribution in [0.15, 0.2) is 34.9 Å². The van der Waals surface area contributed by atoms with Crippen LogP contribution >= 0.6 is 0 Å². The molecule has 38 heavy (non-hydrogen) atoms. The lowest BCUT2D eigenvalue weighted by Gasteiger charge is -2.26. The van der Waals surface area contributed by atoms with Crippen LogP contribution in [0.1, 0.15) is 79.7 Å². The van der Waals surface area contributed by atoms with Crippen molar-refractivity contribution in [3.63, 3.8) is 0 Å². The van der Waals surface area contributed by atoms with Crippen LogP contribution in [0.2, 0.25) is 0 Å². The van der Waals surface area contributed by atoms with E-state index in [1.807, 2.05) is 42.1 Å². The zero-order valence-corrected chi connectivity index (χ0v) is 22.3. The Balaban J connectivity index is 1.57. The molecule has 4 rings (SSSR count). The Morgan fingerprint density at radius 3 is 2.55 bits per heavy atom. The molecule has 3 aromatic rings. The van der Waals surface area contributed by atoms with Gasteiger partial charge in [-0.2, -0.15) is 0 Å². The van der Waals surface area contributed by atoms with Crippen LogP contribution in [0.3, 0.4) is 0 Å². The van der Waals surface area contributed by atoms with E-state index in [4.69, 9.17) is 9.15 Å². The van der Waals surface area contributed by atoms with Crippen LogP contribution < -0.4 is 10.6 Å². The number of benzene rings is 1. The van der Waals surface area contributed by atoms with Crippen molar-refractivity contribution in [2.24, 2.45) is 13.0 Å². The van der Waals surface area contributed by atoms with Gasteiger partial charge in [-0.05, 0) is 37.3 Å². The summed E-state index contributed by atoms with van der Waals surface area (Å²) < 4.78 is 13.3. The SMILES string of the molecule is Cc1oc(C(Cc2cn(C)c3ccccc23)NC(=O)C(OC(=O)NC2CCCCC2)C(C)C)nc1C(=O)O. The molecule has 0 aliphatic heterocycles. The van der Waals surface area contributed by atoms with Crippen molar-refractivity contribution in [1.82, 2.24) is 20.2 Å². The molecule has 1 aromatic carbocycles. The van der Waals surface area contributed by atoms with Crippen molar-refractivity contribution in [3.05, 3.63) is 53.4 Å². The average molecular weight is 525 g/mol. The Morgan fingerprint density at radius 2 is 1.89 bits per heavy atom. The summed E-state index contributed by atoms with van der Waals surface area (Å²) in [5.41, 5.74) is 1.74. The largest absolute Gasteiger partial charge is 0.476 e. The summed E-state index contributed by atoms with van der Waals surface area (Å²) in [6.45, 7) is 5.12. The third-order valence-electron chi connectivity index (χ3n) is 7.06. The Kier molecular flexibility index (Phi) is 8.38. The number of rotatable bonds is 9. The van der Waals surface area contributed by atoms with Gasteiger partial charge in [-0.3, -0.25) is 4.79 Å². The maximum absolute atomic E-state index is 13.5. The van der Waals surface area contributed by atoms with Gasteiger partial charge < -0.3 is 29.5 Å². The summed E-state index contributed by atoms with van der Waals surface area (Å²) in [6.07, 6.45) is 5.67. The molecule has 0 spiro atoms. The third kappa shape index (κ3) is 6.17. The number of hydrogen-bond acceptors (Lipinski definition) is 6. The highest BCUT2D eigenvalue weighted by Crippen LogP contribution is 2.27. The highest BCUT2D eigenvalue weighted by atomic mass is 16.6. The molecule has 2 amide bonds.